The number of hydrogen-bond acceptors (Lipinski definition) is 4. The van der Waals surface area contributed by atoms with Crippen molar-refractivity contribution < 1.29 is 9.21 Å². The summed E-state index contributed by atoms with van der Waals surface area (Å²) >= 11 is 17.3. The largest absolute Gasteiger partial charge is 0.434 e. The molecule has 5 nitrogen and oxygen atoms in total. The van der Waals surface area contributed by atoms with Crippen LogP contribution in [-0.2, 0) is 4.79 Å². The number of halogens is 2. The monoisotopic (exact) mass is 393 g/mol. The molecule has 0 atom stereocenters. The molecule has 0 aliphatic carbocycles. The Morgan fingerprint density at radius 3 is 2.76 bits per heavy atom. The van der Waals surface area contributed by atoms with Gasteiger partial charge in [-0.1, -0.05) is 29.3 Å². The Morgan fingerprint density at radius 1 is 1.28 bits per heavy atom. The molecule has 1 amide bonds. The maximum atomic E-state index is 11.1. The number of amides is 1. The Balaban J connectivity index is 2.01. The predicted molar refractivity (Wildman–Crippen MR) is 104 cm³/mol. The average Bonchev–Trinajstić information content (AvgIpc) is 2.92. The summed E-state index contributed by atoms with van der Waals surface area (Å²) in [5.41, 5.74) is 3.44. The number of carbonyl (C=O) groups excluding carboxylic acids is 1. The van der Waals surface area contributed by atoms with Gasteiger partial charge in [-0.3, -0.25) is 4.79 Å². The average molecular weight is 394 g/mol. The van der Waals surface area contributed by atoms with E-state index in [2.05, 4.69) is 15.6 Å². The minimum atomic E-state index is -0.239. The lowest BCUT2D eigenvalue weighted by atomic mass is 10.1. The van der Waals surface area contributed by atoms with Crippen LogP contribution >= 0.6 is 35.4 Å². The Labute approximate surface area is 159 Å². The van der Waals surface area contributed by atoms with E-state index in [0.717, 1.165) is 16.8 Å². The van der Waals surface area contributed by atoms with E-state index in [9.17, 15) is 4.79 Å². The van der Waals surface area contributed by atoms with Gasteiger partial charge in [0, 0.05) is 23.2 Å². The van der Waals surface area contributed by atoms with Crippen molar-refractivity contribution in [3.05, 3.63) is 45.9 Å². The highest BCUT2D eigenvalue weighted by Crippen LogP contribution is 2.34. The molecule has 2 aromatic carbocycles. The molecule has 3 aromatic rings. The fraction of sp³-hybridized carbons (Fsp3) is 0.118. The third-order valence-corrected chi connectivity index (χ3v) is 4.21. The zero-order valence-corrected chi connectivity index (χ0v) is 15.6. The van der Waals surface area contributed by atoms with Crippen molar-refractivity contribution in [2.45, 2.75) is 13.8 Å². The molecule has 0 aliphatic rings. The SMILES string of the molecule is CC(=O)NC(=S)Nc1cccc(-c2nc3cc(Cl)cc(Cl)c3o2)c1C. The number of thiocarbonyl (C=S) groups is 1. The molecule has 0 saturated heterocycles. The van der Waals surface area contributed by atoms with Gasteiger partial charge in [0.2, 0.25) is 11.8 Å². The summed E-state index contributed by atoms with van der Waals surface area (Å²) in [6.45, 7) is 3.29. The van der Waals surface area contributed by atoms with E-state index in [1.54, 1.807) is 12.1 Å². The fourth-order valence-corrected chi connectivity index (χ4v) is 3.17. The molecule has 2 N–H and O–H groups in total. The first-order chi connectivity index (χ1) is 11.8. The number of nitrogens with one attached hydrogen (secondary N) is 2. The molecule has 0 saturated carbocycles. The molecule has 0 radical (unpaired) electrons. The molecule has 1 aromatic heterocycles. The van der Waals surface area contributed by atoms with Crippen molar-refractivity contribution in [3.63, 3.8) is 0 Å². The number of oxazole rings is 1. The van der Waals surface area contributed by atoms with Crippen LogP contribution in [0.4, 0.5) is 5.69 Å². The zero-order valence-electron chi connectivity index (χ0n) is 13.3. The molecule has 25 heavy (non-hydrogen) atoms. The quantitative estimate of drug-likeness (QED) is 0.603. The first-order valence-electron chi connectivity index (χ1n) is 7.29. The Hall–Kier alpha value is -2.15. The maximum Gasteiger partial charge on any atom is 0.227 e. The molecule has 8 heteroatoms. The second kappa shape index (κ2) is 7.00. The van der Waals surface area contributed by atoms with Crippen LogP contribution < -0.4 is 10.6 Å². The summed E-state index contributed by atoms with van der Waals surface area (Å²) in [4.78, 5) is 15.6. The number of anilines is 1. The smallest absolute Gasteiger partial charge is 0.227 e. The van der Waals surface area contributed by atoms with Crippen LogP contribution in [0, 0.1) is 6.92 Å². The molecule has 0 aliphatic heterocycles. The topological polar surface area (TPSA) is 67.2 Å². The van der Waals surface area contributed by atoms with Gasteiger partial charge in [0.1, 0.15) is 5.52 Å². The first kappa shape index (κ1) is 17.7. The molecule has 3 rings (SSSR count). The molecule has 0 bridgehead atoms. The Kier molecular flexibility index (Phi) is 4.94. The van der Waals surface area contributed by atoms with E-state index in [4.69, 9.17) is 39.8 Å². The Morgan fingerprint density at radius 2 is 2.04 bits per heavy atom. The number of benzene rings is 2. The van der Waals surface area contributed by atoms with Crippen LogP contribution in [0.15, 0.2) is 34.7 Å². The normalized spacial score (nSPS) is 10.7. The van der Waals surface area contributed by atoms with Gasteiger partial charge in [-0.25, -0.2) is 4.98 Å². The lowest BCUT2D eigenvalue weighted by molar-refractivity contribution is -0.117. The fourth-order valence-electron chi connectivity index (χ4n) is 2.39. The van der Waals surface area contributed by atoms with Gasteiger partial charge in [-0.2, -0.15) is 0 Å². The summed E-state index contributed by atoms with van der Waals surface area (Å²) in [6.07, 6.45) is 0. The lowest BCUT2D eigenvalue weighted by Crippen LogP contribution is -2.32. The molecule has 128 valence electrons. The van der Waals surface area contributed by atoms with E-state index in [-0.39, 0.29) is 11.0 Å². The van der Waals surface area contributed by atoms with Crippen molar-refractivity contribution in [2.24, 2.45) is 0 Å². The van der Waals surface area contributed by atoms with Gasteiger partial charge in [0.25, 0.3) is 0 Å². The Bertz CT molecular complexity index is 1000. The molecule has 0 fully saturated rings. The van der Waals surface area contributed by atoms with E-state index < -0.39 is 0 Å². The van der Waals surface area contributed by atoms with Gasteiger partial charge in [0.15, 0.2) is 10.7 Å². The van der Waals surface area contributed by atoms with Gasteiger partial charge >= 0.3 is 0 Å². The van der Waals surface area contributed by atoms with Crippen LogP contribution in [0.3, 0.4) is 0 Å². The van der Waals surface area contributed by atoms with Crippen LogP contribution in [0.1, 0.15) is 12.5 Å². The highest BCUT2D eigenvalue weighted by atomic mass is 35.5. The zero-order chi connectivity index (χ0) is 18.1. The summed E-state index contributed by atoms with van der Waals surface area (Å²) in [5, 5.41) is 6.63. The number of aromatic nitrogens is 1. The molecule has 1 heterocycles. The second-order valence-corrected chi connectivity index (χ2v) is 6.62. The van der Waals surface area contributed by atoms with Crippen molar-refractivity contribution in [3.8, 4) is 11.5 Å². The van der Waals surface area contributed by atoms with Crippen LogP contribution in [-0.4, -0.2) is 16.0 Å². The van der Waals surface area contributed by atoms with E-state index in [1.807, 2.05) is 25.1 Å². The summed E-state index contributed by atoms with van der Waals surface area (Å²) in [7, 11) is 0. The molecule has 0 unspecified atom stereocenters. The second-order valence-electron chi connectivity index (χ2n) is 5.37. The van der Waals surface area contributed by atoms with Gasteiger partial charge in [-0.15, -0.1) is 0 Å². The van der Waals surface area contributed by atoms with Gasteiger partial charge < -0.3 is 15.1 Å². The summed E-state index contributed by atoms with van der Waals surface area (Å²) < 4.78 is 5.81. The number of nitrogens with zero attached hydrogens (tertiary/aromatic N) is 1. The summed E-state index contributed by atoms with van der Waals surface area (Å²) in [6, 6.07) is 8.86. The standard InChI is InChI=1S/C17H13Cl2N3O2S/c1-8-11(4-3-5-13(8)22-17(25)20-9(2)23)16-21-14-7-10(18)6-12(19)15(14)24-16/h3-7H,1-2H3,(H2,20,22,23,25). The van der Waals surface area contributed by atoms with E-state index >= 15 is 0 Å². The molecule has 0 spiro atoms. The lowest BCUT2D eigenvalue weighted by Gasteiger charge is -2.12. The highest BCUT2D eigenvalue weighted by molar-refractivity contribution is 7.80. The van der Waals surface area contributed by atoms with Crippen molar-refractivity contribution >= 4 is 63.2 Å². The number of rotatable bonds is 2. The third-order valence-electron chi connectivity index (χ3n) is 3.51. The maximum absolute atomic E-state index is 11.1. The number of carbonyl (C=O) groups is 1. The first-order valence-corrected chi connectivity index (χ1v) is 8.45. The predicted octanol–water partition coefficient (Wildman–Crippen LogP) is 4.94. The highest BCUT2D eigenvalue weighted by Gasteiger charge is 2.15. The molecular formula is C17H13Cl2N3O2S. The molecular weight excluding hydrogens is 381 g/mol. The minimum Gasteiger partial charge on any atom is -0.434 e. The third kappa shape index (κ3) is 3.76. The number of fused-ring (bicyclic) bond motifs is 1. The van der Waals surface area contributed by atoms with Crippen molar-refractivity contribution in [1.29, 1.82) is 0 Å². The van der Waals surface area contributed by atoms with Crippen LogP contribution in [0.2, 0.25) is 10.0 Å². The summed E-state index contributed by atoms with van der Waals surface area (Å²) in [5.74, 6) is 0.183. The minimum absolute atomic E-state index is 0.222. The van der Waals surface area contributed by atoms with Crippen LogP contribution in [0.5, 0.6) is 0 Å². The van der Waals surface area contributed by atoms with Gasteiger partial charge in [0.05, 0.1) is 5.02 Å². The van der Waals surface area contributed by atoms with Crippen molar-refractivity contribution in [1.82, 2.24) is 10.3 Å². The number of hydrogen-bond donors (Lipinski definition) is 2. The van der Waals surface area contributed by atoms with E-state index in [0.29, 0.717) is 27.0 Å². The van der Waals surface area contributed by atoms with E-state index in [1.165, 1.54) is 6.92 Å². The van der Waals surface area contributed by atoms with Gasteiger partial charge in [-0.05, 0) is 49.0 Å². The van der Waals surface area contributed by atoms with Crippen molar-refractivity contribution in [2.75, 3.05) is 5.32 Å². The van der Waals surface area contributed by atoms with Crippen LogP contribution in [0.25, 0.3) is 22.6 Å².